The van der Waals surface area contributed by atoms with E-state index in [2.05, 4.69) is 35.0 Å². The summed E-state index contributed by atoms with van der Waals surface area (Å²) in [6.07, 6.45) is 9.94. The zero-order chi connectivity index (χ0) is 22.8. The van der Waals surface area contributed by atoms with Gasteiger partial charge in [-0.05, 0) is 49.2 Å². The molecule has 1 spiro atoms. The molecule has 1 aliphatic carbocycles. The first-order valence-electron chi connectivity index (χ1n) is 11.5. The third kappa shape index (κ3) is 3.91. The number of nitrogens with zero attached hydrogens (tertiary/aromatic N) is 2. The van der Waals surface area contributed by atoms with Crippen molar-refractivity contribution in [1.29, 1.82) is 0 Å². The largest absolute Gasteiger partial charge is 0.493 e. The van der Waals surface area contributed by atoms with Crippen molar-refractivity contribution in [3.8, 4) is 11.5 Å². The van der Waals surface area contributed by atoms with Crippen molar-refractivity contribution in [2.75, 3.05) is 40.5 Å². The number of rotatable bonds is 6. The first-order valence-corrected chi connectivity index (χ1v) is 11.5. The number of carbonyl (C=O) groups is 1. The summed E-state index contributed by atoms with van der Waals surface area (Å²) in [6, 6.07) is 9.58. The van der Waals surface area contributed by atoms with Crippen LogP contribution in [0.3, 0.4) is 0 Å². The number of benzene rings is 1. The van der Waals surface area contributed by atoms with Crippen molar-refractivity contribution in [2.45, 2.75) is 31.3 Å². The predicted octanol–water partition coefficient (Wildman–Crippen LogP) is 4.20. The van der Waals surface area contributed by atoms with E-state index in [1.807, 2.05) is 4.90 Å². The molecule has 0 atom stereocenters. The summed E-state index contributed by atoms with van der Waals surface area (Å²) in [5.74, 6) is 2.11. The minimum Gasteiger partial charge on any atom is -0.493 e. The Bertz CT molecular complexity index is 1090. The van der Waals surface area contributed by atoms with E-state index >= 15 is 0 Å². The highest BCUT2D eigenvalue weighted by molar-refractivity contribution is 5.95. The Morgan fingerprint density at radius 2 is 1.97 bits per heavy atom. The Hall–Kier alpha value is -3.19. The SMILES string of the molecule is COCCOc1ccc(C(=O)N2CCC3(CC2)OC2=C(CCC=C2)n2cccc23)cc1OC. The van der Waals surface area contributed by atoms with Gasteiger partial charge in [0.15, 0.2) is 17.1 Å². The second-order valence-corrected chi connectivity index (χ2v) is 8.61. The van der Waals surface area contributed by atoms with E-state index < -0.39 is 5.60 Å². The van der Waals surface area contributed by atoms with Gasteiger partial charge in [0.05, 0.1) is 25.1 Å². The third-order valence-electron chi connectivity index (χ3n) is 6.73. The van der Waals surface area contributed by atoms with Gasteiger partial charge in [-0.25, -0.2) is 0 Å². The molecule has 3 aliphatic rings. The quantitative estimate of drug-likeness (QED) is 0.618. The normalized spacial score (nSPS) is 18.5. The summed E-state index contributed by atoms with van der Waals surface area (Å²) in [4.78, 5) is 15.2. The Morgan fingerprint density at radius 3 is 2.76 bits per heavy atom. The molecular weight excluding hydrogens is 420 g/mol. The number of carbonyl (C=O) groups excluding carboxylic acids is 1. The van der Waals surface area contributed by atoms with Crippen LogP contribution in [0.1, 0.15) is 41.7 Å². The molecule has 33 heavy (non-hydrogen) atoms. The topological polar surface area (TPSA) is 62.2 Å². The molecule has 174 valence electrons. The van der Waals surface area contributed by atoms with Gasteiger partial charge in [0.2, 0.25) is 0 Å². The number of methoxy groups -OCH3 is 2. The lowest BCUT2D eigenvalue weighted by Gasteiger charge is -2.45. The lowest BCUT2D eigenvalue weighted by molar-refractivity contribution is -0.0530. The van der Waals surface area contributed by atoms with Crippen molar-refractivity contribution < 1.29 is 23.7 Å². The van der Waals surface area contributed by atoms with Crippen LogP contribution >= 0.6 is 0 Å². The fourth-order valence-electron chi connectivity index (χ4n) is 4.98. The predicted molar refractivity (Wildman–Crippen MR) is 124 cm³/mol. The van der Waals surface area contributed by atoms with Gasteiger partial charge < -0.3 is 28.4 Å². The average Bonchev–Trinajstić information content (AvgIpc) is 3.36. The van der Waals surface area contributed by atoms with E-state index in [-0.39, 0.29) is 5.91 Å². The molecule has 1 amide bonds. The molecule has 1 saturated heterocycles. The summed E-state index contributed by atoms with van der Waals surface area (Å²) >= 11 is 0. The van der Waals surface area contributed by atoms with E-state index in [1.54, 1.807) is 32.4 Å². The molecule has 1 aromatic heterocycles. The maximum atomic E-state index is 13.3. The van der Waals surface area contributed by atoms with Gasteiger partial charge >= 0.3 is 0 Å². The molecule has 2 aromatic rings. The number of amides is 1. The van der Waals surface area contributed by atoms with E-state index in [0.717, 1.165) is 31.4 Å². The fourth-order valence-corrected chi connectivity index (χ4v) is 4.98. The molecule has 1 fully saturated rings. The smallest absolute Gasteiger partial charge is 0.253 e. The number of piperidine rings is 1. The van der Waals surface area contributed by atoms with Crippen LogP contribution in [-0.4, -0.2) is 55.9 Å². The van der Waals surface area contributed by atoms with Crippen molar-refractivity contribution in [3.63, 3.8) is 0 Å². The molecule has 0 radical (unpaired) electrons. The summed E-state index contributed by atoms with van der Waals surface area (Å²) in [6.45, 7) is 2.16. The minimum atomic E-state index is -0.391. The van der Waals surface area contributed by atoms with Gasteiger partial charge in [0.1, 0.15) is 12.4 Å². The van der Waals surface area contributed by atoms with Crippen LogP contribution in [0.25, 0.3) is 5.70 Å². The van der Waals surface area contributed by atoms with Crippen LogP contribution in [0.15, 0.2) is 54.4 Å². The molecule has 7 heteroatoms. The van der Waals surface area contributed by atoms with Crippen LogP contribution in [-0.2, 0) is 15.1 Å². The molecular formula is C26H30N2O5. The number of fused-ring (bicyclic) bond motifs is 3. The Labute approximate surface area is 194 Å². The van der Waals surface area contributed by atoms with Crippen molar-refractivity contribution >= 4 is 11.6 Å². The lowest BCUT2D eigenvalue weighted by Crippen LogP contribution is -2.48. The van der Waals surface area contributed by atoms with Crippen molar-refractivity contribution in [1.82, 2.24) is 9.47 Å². The second-order valence-electron chi connectivity index (χ2n) is 8.61. The van der Waals surface area contributed by atoms with Crippen LogP contribution in [0.5, 0.6) is 11.5 Å². The highest BCUT2D eigenvalue weighted by atomic mass is 16.5. The first kappa shape index (κ1) is 21.6. The maximum Gasteiger partial charge on any atom is 0.253 e. The number of ether oxygens (including phenoxy) is 4. The van der Waals surface area contributed by atoms with Gasteiger partial charge in [-0.3, -0.25) is 4.79 Å². The number of hydrogen-bond donors (Lipinski definition) is 0. The van der Waals surface area contributed by atoms with Crippen molar-refractivity contribution in [2.24, 2.45) is 0 Å². The zero-order valence-corrected chi connectivity index (χ0v) is 19.2. The molecule has 1 aromatic carbocycles. The summed E-state index contributed by atoms with van der Waals surface area (Å²) < 4.78 is 25.1. The van der Waals surface area contributed by atoms with Crippen LogP contribution in [0, 0.1) is 0 Å². The molecule has 0 unspecified atom stereocenters. The molecule has 0 saturated carbocycles. The summed E-state index contributed by atoms with van der Waals surface area (Å²) in [7, 11) is 3.21. The van der Waals surface area contributed by atoms with Gasteiger partial charge in [-0.2, -0.15) is 0 Å². The third-order valence-corrected chi connectivity index (χ3v) is 6.73. The van der Waals surface area contributed by atoms with Gasteiger partial charge in [-0.15, -0.1) is 0 Å². The number of aromatic nitrogens is 1. The highest BCUT2D eigenvalue weighted by Crippen LogP contribution is 2.46. The fraction of sp³-hybridized carbons (Fsp3) is 0.423. The van der Waals surface area contributed by atoms with Gasteiger partial charge in [0, 0.05) is 44.8 Å². The maximum absolute atomic E-state index is 13.3. The van der Waals surface area contributed by atoms with E-state index in [0.29, 0.717) is 43.4 Å². The summed E-state index contributed by atoms with van der Waals surface area (Å²) in [5.41, 5.74) is 2.64. The molecule has 0 N–H and O–H groups in total. The van der Waals surface area contributed by atoms with Crippen LogP contribution in [0.4, 0.5) is 0 Å². The number of likely N-dealkylation sites (tertiary alicyclic amines) is 1. The molecule has 7 nitrogen and oxygen atoms in total. The Morgan fingerprint density at radius 1 is 1.12 bits per heavy atom. The van der Waals surface area contributed by atoms with Gasteiger partial charge in [0.25, 0.3) is 5.91 Å². The number of hydrogen-bond acceptors (Lipinski definition) is 5. The van der Waals surface area contributed by atoms with E-state index in [4.69, 9.17) is 18.9 Å². The lowest BCUT2D eigenvalue weighted by atomic mass is 9.85. The molecule has 3 heterocycles. The summed E-state index contributed by atoms with van der Waals surface area (Å²) in [5, 5.41) is 0. The van der Waals surface area contributed by atoms with Crippen molar-refractivity contribution in [3.05, 3.63) is 65.7 Å². The standard InChI is InChI=1S/C26H30N2O5/c1-30-16-17-32-22-10-9-19(18-23(22)31-2)25(29)27-14-11-26(12-15-27)24-8-5-13-28(24)20-6-3-4-7-21(20)33-26/h4-5,7-10,13,18H,3,6,11-12,14-17H2,1-2H3. The first-order chi connectivity index (χ1) is 16.1. The molecule has 2 aliphatic heterocycles. The van der Waals surface area contributed by atoms with Gasteiger partial charge in [-0.1, -0.05) is 6.08 Å². The Kier molecular flexibility index (Phi) is 5.89. The van der Waals surface area contributed by atoms with Crippen LogP contribution < -0.4 is 9.47 Å². The number of allylic oxidation sites excluding steroid dienone is 3. The minimum absolute atomic E-state index is 0.00440. The highest BCUT2D eigenvalue weighted by Gasteiger charge is 2.45. The molecule has 0 bridgehead atoms. The molecule has 5 rings (SSSR count). The van der Waals surface area contributed by atoms with E-state index in [1.165, 1.54) is 11.4 Å². The average molecular weight is 451 g/mol. The van der Waals surface area contributed by atoms with Crippen LogP contribution in [0.2, 0.25) is 0 Å². The zero-order valence-electron chi connectivity index (χ0n) is 19.2. The Balaban J connectivity index is 1.30. The monoisotopic (exact) mass is 450 g/mol. The van der Waals surface area contributed by atoms with E-state index in [9.17, 15) is 4.79 Å². The second kappa shape index (κ2) is 8.98.